The summed E-state index contributed by atoms with van der Waals surface area (Å²) >= 11 is 6.16. The molecule has 0 amide bonds. The maximum Gasteiger partial charge on any atom is 0.308 e. The smallest absolute Gasteiger partial charge is 0.308 e. The number of carboxylic acid groups (broad SMARTS) is 1. The number of carboxylic acids is 1. The quantitative estimate of drug-likeness (QED) is 0.730. The largest absolute Gasteiger partial charge is 0.481 e. The molecule has 0 spiro atoms. The summed E-state index contributed by atoms with van der Waals surface area (Å²) < 4.78 is 5.93. The Morgan fingerprint density at radius 1 is 1.11 bits per heavy atom. The van der Waals surface area contributed by atoms with Gasteiger partial charge < -0.3 is 14.8 Å². The number of rotatable bonds is 5. The lowest BCUT2D eigenvalue weighted by atomic mass is 9.61. The zero-order valence-electron chi connectivity index (χ0n) is 14.9. The predicted octanol–water partition coefficient (Wildman–Crippen LogP) is 4.57. The fraction of sp³-hybridized carbons (Fsp3) is 0.550. The Balaban J connectivity index is 1.42. The van der Waals surface area contributed by atoms with E-state index in [9.17, 15) is 9.90 Å². The third-order valence-electron chi connectivity index (χ3n) is 6.38. The number of aromatic nitrogens is 2. The molecule has 2 aromatic rings. The molecule has 6 nitrogen and oxygen atoms in total. The molecule has 0 aliphatic heterocycles. The first-order chi connectivity index (χ1) is 13.1. The van der Waals surface area contributed by atoms with Crippen LogP contribution in [0.2, 0.25) is 5.28 Å². The van der Waals surface area contributed by atoms with Crippen LogP contribution in [0.4, 0.5) is 5.82 Å². The Hall–Kier alpha value is -2.08. The van der Waals surface area contributed by atoms with E-state index < -0.39 is 5.97 Å². The van der Waals surface area contributed by atoms with Crippen LogP contribution in [0.3, 0.4) is 0 Å². The maximum atomic E-state index is 11.9. The Morgan fingerprint density at radius 2 is 1.85 bits per heavy atom. The molecule has 2 bridgehead atoms. The van der Waals surface area contributed by atoms with E-state index in [0.717, 1.165) is 31.4 Å². The highest BCUT2D eigenvalue weighted by atomic mass is 35.5. The molecular formula is C20H22ClN3O3. The summed E-state index contributed by atoms with van der Waals surface area (Å²) in [7, 11) is 0. The van der Waals surface area contributed by atoms with Gasteiger partial charge >= 0.3 is 5.97 Å². The molecule has 6 rings (SSSR count). The number of nitrogens with one attached hydrogen (secondary N) is 1. The van der Waals surface area contributed by atoms with E-state index in [0.29, 0.717) is 29.1 Å². The van der Waals surface area contributed by atoms with Gasteiger partial charge in [0.05, 0.1) is 5.92 Å². The van der Waals surface area contributed by atoms with E-state index in [1.807, 2.05) is 18.2 Å². The number of carbonyl (C=O) groups is 1. The van der Waals surface area contributed by atoms with E-state index in [1.165, 1.54) is 12.8 Å². The molecule has 4 aliphatic carbocycles. The van der Waals surface area contributed by atoms with Gasteiger partial charge in [-0.05, 0) is 74.1 Å². The van der Waals surface area contributed by atoms with Gasteiger partial charge in [-0.3, -0.25) is 4.79 Å². The molecule has 0 radical (unpaired) electrons. The van der Waals surface area contributed by atoms with E-state index in [4.69, 9.17) is 16.0 Å². The number of nitrogens with zero attached hydrogens (tertiary/aromatic N) is 2. The summed E-state index contributed by atoms with van der Waals surface area (Å²) in [5, 5.41) is 13.3. The highest BCUT2D eigenvalue weighted by Crippen LogP contribution is 2.46. The maximum absolute atomic E-state index is 11.9. The summed E-state index contributed by atoms with van der Waals surface area (Å²) in [4.78, 5) is 20.4. The number of hydrogen-bond donors (Lipinski definition) is 2. The number of fused-ring (bicyclic) bond motifs is 3. The Labute approximate surface area is 162 Å². The van der Waals surface area contributed by atoms with Crippen molar-refractivity contribution in [3.8, 4) is 11.5 Å². The van der Waals surface area contributed by atoms with Crippen molar-refractivity contribution in [2.24, 2.45) is 17.8 Å². The minimum atomic E-state index is -0.720. The number of anilines is 1. The van der Waals surface area contributed by atoms with E-state index in [-0.39, 0.29) is 23.2 Å². The van der Waals surface area contributed by atoms with Crippen LogP contribution in [0.25, 0.3) is 11.5 Å². The fourth-order valence-corrected chi connectivity index (χ4v) is 5.06. The van der Waals surface area contributed by atoms with Gasteiger partial charge in [-0.1, -0.05) is 0 Å². The Kier molecular flexibility index (Phi) is 4.11. The minimum Gasteiger partial charge on any atom is -0.481 e. The van der Waals surface area contributed by atoms with Gasteiger partial charge in [0.1, 0.15) is 17.3 Å². The lowest BCUT2D eigenvalue weighted by Gasteiger charge is -2.47. The van der Waals surface area contributed by atoms with Gasteiger partial charge in [0.25, 0.3) is 0 Å². The summed E-state index contributed by atoms with van der Waals surface area (Å²) in [5.74, 6) is 2.27. The molecule has 7 heteroatoms. The molecule has 2 atom stereocenters. The van der Waals surface area contributed by atoms with Gasteiger partial charge in [0.15, 0.2) is 5.76 Å². The van der Waals surface area contributed by atoms with Crippen molar-refractivity contribution in [3.63, 3.8) is 0 Å². The van der Waals surface area contributed by atoms with Gasteiger partial charge in [0, 0.05) is 18.0 Å². The van der Waals surface area contributed by atoms with Gasteiger partial charge in [-0.2, -0.15) is 0 Å². The van der Waals surface area contributed by atoms with Crippen LogP contribution in [-0.4, -0.2) is 27.1 Å². The topological polar surface area (TPSA) is 88.2 Å². The molecule has 2 aromatic heterocycles. The summed E-state index contributed by atoms with van der Waals surface area (Å²) in [5.41, 5.74) is 0.622. The van der Waals surface area contributed by atoms with E-state index >= 15 is 0 Å². The molecule has 0 aromatic carbocycles. The average molecular weight is 388 g/mol. The second kappa shape index (κ2) is 6.51. The predicted molar refractivity (Wildman–Crippen MR) is 101 cm³/mol. The van der Waals surface area contributed by atoms with Crippen molar-refractivity contribution in [3.05, 3.63) is 29.2 Å². The molecule has 27 heavy (non-hydrogen) atoms. The Morgan fingerprint density at radius 3 is 2.56 bits per heavy atom. The summed E-state index contributed by atoms with van der Waals surface area (Å²) in [6.07, 6.45) is 6.50. The molecule has 4 saturated carbocycles. The standard InChI is InChI=1S/C20H22ClN3O3/c21-20-22-13(15-8-7-14(27-15)10-1-2-10)9-16(24-20)23-18-12-5-3-11(4-6-12)17(18)19(25)26/h7-12,17-18H,1-6H2,(H,25,26)(H,22,23,24). The van der Waals surface area contributed by atoms with Crippen LogP contribution in [0.15, 0.2) is 22.6 Å². The third kappa shape index (κ3) is 3.20. The first-order valence-corrected chi connectivity index (χ1v) is 10.1. The zero-order valence-corrected chi connectivity index (χ0v) is 15.7. The molecular weight excluding hydrogens is 366 g/mol. The molecule has 2 heterocycles. The number of halogens is 1. The van der Waals surface area contributed by atoms with Crippen molar-refractivity contribution >= 4 is 23.4 Å². The molecule has 142 valence electrons. The zero-order chi connectivity index (χ0) is 18.5. The summed E-state index contributed by atoms with van der Waals surface area (Å²) in [6.45, 7) is 0. The summed E-state index contributed by atoms with van der Waals surface area (Å²) in [6, 6.07) is 5.60. The molecule has 4 fully saturated rings. The molecule has 4 aliphatic rings. The normalized spacial score (nSPS) is 29.7. The van der Waals surface area contributed by atoms with Crippen molar-refractivity contribution in [2.45, 2.75) is 50.5 Å². The van der Waals surface area contributed by atoms with Gasteiger partial charge in [-0.15, -0.1) is 0 Å². The van der Waals surface area contributed by atoms with Gasteiger partial charge in [-0.25, -0.2) is 9.97 Å². The lowest BCUT2D eigenvalue weighted by molar-refractivity contribution is -0.148. The van der Waals surface area contributed by atoms with Crippen molar-refractivity contribution in [1.29, 1.82) is 0 Å². The molecule has 0 saturated heterocycles. The molecule has 2 unspecified atom stereocenters. The molecule has 2 N–H and O–H groups in total. The minimum absolute atomic E-state index is 0.118. The van der Waals surface area contributed by atoms with Crippen LogP contribution in [-0.2, 0) is 4.79 Å². The van der Waals surface area contributed by atoms with Gasteiger partial charge in [0.2, 0.25) is 5.28 Å². The third-order valence-corrected chi connectivity index (χ3v) is 6.55. The van der Waals surface area contributed by atoms with Crippen LogP contribution in [0.5, 0.6) is 0 Å². The fourth-order valence-electron chi connectivity index (χ4n) is 4.88. The van der Waals surface area contributed by atoms with E-state index in [2.05, 4.69) is 15.3 Å². The SMILES string of the molecule is O=C(O)C1C2CCC(CC2)C1Nc1cc(-c2ccc(C3CC3)o2)nc(Cl)n1. The van der Waals surface area contributed by atoms with Crippen LogP contribution >= 0.6 is 11.6 Å². The first-order valence-electron chi connectivity index (χ1n) is 9.72. The average Bonchev–Trinajstić information content (AvgIpc) is 3.38. The number of furan rings is 1. The van der Waals surface area contributed by atoms with Crippen LogP contribution in [0, 0.1) is 17.8 Å². The first kappa shape index (κ1) is 17.0. The van der Waals surface area contributed by atoms with Crippen molar-refractivity contribution in [1.82, 2.24) is 9.97 Å². The van der Waals surface area contributed by atoms with Crippen molar-refractivity contribution in [2.75, 3.05) is 5.32 Å². The van der Waals surface area contributed by atoms with E-state index in [1.54, 1.807) is 0 Å². The lowest BCUT2D eigenvalue weighted by Crippen LogP contribution is -2.51. The van der Waals surface area contributed by atoms with Crippen LogP contribution < -0.4 is 5.32 Å². The van der Waals surface area contributed by atoms with Crippen molar-refractivity contribution < 1.29 is 14.3 Å². The number of hydrogen-bond acceptors (Lipinski definition) is 5. The number of aliphatic carboxylic acids is 1. The second-order valence-corrected chi connectivity index (χ2v) is 8.43. The monoisotopic (exact) mass is 387 g/mol. The highest BCUT2D eigenvalue weighted by Gasteiger charge is 2.47. The highest BCUT2D eigenvalue weighted by molar-refractivity contribution is 6.28. The Bertz CT molecular complexity index is 871. The van der Waals surface area contributed by atoms with Crippen LogP contribution in [0.1, 0.15) is 50.2 Å². The second-order valence-electron chi connectivity index (χ2n) is 8.09.